The lowest BCUT2D eigenvalue weighted by Crippen LogP contribution is -2.34. The normalized spacial score (nSPS) is 11.8. The van der Waals surface area contributed by atoms with Crippen LogP contribution in [0.3, 0.4) is 0 Å². The Morgan fingerprint density at radius 2 is 1.95 bits per heavy atom. The largest absolute Gasteiger partial charge is 0.465 e. The van der Waals surface area contributed by atoms with Gasteiger partial charge in [0.1, 0.15) is 5.82 Å². The molecule has 0 aliphatic rings. The van der Waals surface area contributed by atoms with Crippen molar-refractivity contribution in [3.05, 3.63) is 35.6 Å². The molecule has 20 heavy (non-hydrogen) atoms. The van der Waals surface area contributed by atoms with Crippen LogP contribution in [0.1, 0.15) is 38.1 Å². The van der Waals surface area contributed by atoms with Crippen LogP contribution in [0.5, 0.6) is 0 Å². The maximum absolute atomic E-state index is 13.5. The third-order valence-electron chi connectivity index (χ3n) is 2.27. The first-order chi connectivity index (χ1) is 9.40. The fourth-order valence-electron chi connectivity index (χ4n) is 1.40. The number of rotatable bonds is 4. The average Bonchev–Trinajstić information content (AvgIpc) is 2.35. The van der Waals surface area contributed by atoms with Crippen LogP contribution in [-0.2, 0) is 4.74 Å². The van der Waals surface area contributed by atoms with E-state index in [1.54, 1.807) is 6.07 Å². The molecular formula is C15H21FN2O2. The van der Waals surface area contributed by atoms with E-state index in [4.69, 9.17) is 4.74 Å². The summed E-state index contributed by atoms with van der Waals surface area (Å²) in [6.07, 6.45) is 0. The zero-order chi connectivity index (χ0) is 15.1. The van der Waals surface area contributed by atoms with Crippen molar-refractivity contribution in [2.45, 2.75) is 33.7 Å². The summed E-state index contributed by atoms with van der Waals surface area (Å²) in [5.74, 6) is -0.832. The number of aliphatic imine (C=N–C) groups is 1. The van der Waals surface area contributed by atoms with Gasteiger partial charge in [-0.1, -0.05) is 26.0 Å². The van der Waals surface area contributed by atoms with Crippen molar-refractivity contribution < 1.29 is 13.9 Å². The average molecular weight is 280 g/mol. The fraction of sp³-hybridized carbons (Fsp3) is 0.467. The summed E-state index contributed by atoms with van der Waals surface area (Å²) < 4.78 is 19.0. The van der Waals surface area contributed by atoms with Gasteiger partial charge in [-0.2, -0.15) is 0 Å². The van der Waals surface area contributed by atoms with Gasteiger partial charge in [-0.3, -0.25) is 10.1 Å². The number of carbonyl (C=O) groups is 1. The SMILES string of the molecule is CC(C)COC(=NC(C)C)NC(=O)c1ccccc1F. The molecule has 0 aliphatic carbocycles. The second-order valence-electron chi connectivity index (χ2n) is 5.17. The van der Waals surface area contributed by atoms with E-state index in [1.165, 1.54) is 18.2 Å². The molecule has 110 valence electrons. The zero-order valence-corrected chi connectivity index (χ0v) is 12.3. The lowest BCUT2D eigenvalue weighted by molar-refractivity contribution is 0.0959. The van der Waals surface area contributed by atoms with Crippen molar-refractivity contribution in [1.29, 1.82) is 0 Å². The van der Waals surface area contributed by atoms with E-state index >= 15 is 0 Å². The predicted molar refractivity (Wildman–Crippen MR) is 77.2 cm³/mol. The lowest BCUT2D eigenvalue weighted by atomic mass is 10.2. The van der Waals surface area contributed by atoms with Crippen molar-refractivity contribution in [3.8, 4) is 0 Å². The third kappa shape index (κ3) is 5.38. The van der Waals surface area contributed by atoms with E-state index in [9.17, 15) is 9.18 Å². The number of amides is 1. The summed E-state index contributed by atoms with van der Waals surface area (Å²) in [7, 11) is 0. The molecule has 1 rings (SSSR count). The number of ether oxygens (including phenoxy) is 1. The number of nitrogens with one attached hydrogen (secondary N) is 1. The smallest absolute Gasteiger partial charge is 0.291 e. The van der Waals surface area contributed by atoms with Crippen LogP contribution in [-0.4, -0.2) is 24.6 Å². The van der Waals surface area contributed by atoms with E-state index in [0.717, 1.165) is 0 Å². The second-order valence-corrected chi connectivity index (χ2v) is 5.17. The summed E-state index contributed by atoms with van der Waals surface area (Å²) in [5.41, 5.74) is -0.0305. The van der Waals surface area contributed by atoms with Gasteiger partial charge in [-0.15, -0.1) is 0 Å². The molecule has 0 unspecified atom stereocenters. The van der Waals surface area contributed by atoms with Gasteiger partial charge in [0.2, 0.25) is 0 Å². The Hall–Kier alpha value is -1.91. The fourth-order valence-corrected chi connectivity index (χ4v) is 1.40. The molecule has 0 heterocycles. The number of amidine groups is 1. The molecule has 0 aromatic heterocycles. The maximum atomic E-state index is 13.5. The molecule has 4 nitrogen and oxygen atoms in total. The van der Waals surface area contributed by atoms with E-state index in [-0.39, 0.29) is 17.6 Å². The maximum Gasteiger partial charge on any atom is 0.291 e. The minimum Gasteiger partial charge on any atom is -0.465 e. The Bertz CT molecular complexity index is 485. The monoisotopic (exact) mass is 280 g/mol. The number of carbonyl (C=O) groups excluding carboxylic acids is 1. The molecule has 1 N–H and O–H groups in total. The van der Waals surface area contributed by atoms with Crippen LogP contribution in [0.25, 0.3) is 0 Å². The van der Waals surface area contributed by atoms with E-state index in [1.807, 2.05) is 27.7 Å². The molecule has 1 aromatic carbocycles. The van der Waals surface area contributed by atoms with Crippen molar-refractivity contribution in [2.75, 3.05) is 6.61 Å². The van der Waals surface area contributed by atoms with Crippen molar-refractivity contribution in [2.24, 2.45) is 10.9 Å². The van der Waals surface area contributed by atoms with Gasteiger partial charge in [-0.25, -0.2) is 9.38 Å². The van der Waals surface area contributed by atoms with E-state index in [0.29, 0.717) is 12.5 Å². The number of nitrogens with zero attached hydrogens (tertiary/aromatic N) is 1. The number of hydrogen-bond donors (Lipinski definition) is 1. The van der Waals surface area contributed by atoms with Crippen molar-refractivity contribution >= 4 is 11.9 Å². The van der Waals surface area contributed by atoms with Gasteiger partial charge in [0, 0.05) is 6.04 Å². The second kappa shape index (κ2) is 7.62. The van der Waals surface area contributed by atoms with Crippen LogP contribution >= 0.6 is 0 Å². The first kappa shape index (κ1) is 16.1. The highest BCUT2D eigenvalue weighted by molar-refractivity contribution is 6.04. The molecule has 0 bridgehead atoms. The highest BCUT2D eigenvalue weighted by Gasteiger charge is 2.14. The molecule has 0 radical (unpaired) electrons. The molecule has 1 aromatic rings. The van der Waals surface area contributed by atoms with Gasteiger partial charge < -0.3 is 4.74 Å². The lowest BCUT2D eigenvalue weighted by Gasteiger charge is -2.13. The third-order valence-corrected chi connectivity index (χ3v) is 2.27. The molecule has 1 amide bonds. The van der Waals surface area contributed by atoms with Crippen LogP contribution in [0, 0.1) is 11.7 Å². The molecule has 0 fully saturated rings. The molecule has 0 aliphatic heterocycles. The Morgan fingerprint density at radius 1 is 1.30 bits per heavy atom. The van der Waals surface area contributed by atoms with Gasteiger partial charge in [0.15, 0.2) is 0 Å². The highest BCUT2D eigenvalue weighted by Crippen LogP contribution is 2.06. The van der Waals surface area contributed by atoms with Crippen molar-refractivity contribution in [1.82, 2.24) is 5.32 Å². The molecule has 0 atom stereocenters. The number of hydrogen-bond acceptors (Lipinski definition) is 3. The summed E-state index contributed by atoms with van der Waals surface area (Å²) in [6.45, 7) is 8.16. The van der Waals surface area contributed by atoms with Gasteiger partial charge in [0.05, 0.1) is 12.2 Å². The Labute approximate surface area is 119 Å². The number of benzene rings is 1. The van der Waals surface area contributed by atoms with Crippen molar-refractivity contribution in [3.63, 3.8) is 0 Å². The number of halogens is 1. The zero-order valence-electron chi connectivity index (χ0n) is 12.3. The Morgan fingerprint density at radius 3 is 2.50 bits per heavy atom. The van der Waals surface area contributed by atoms with Crippen LogP contribution in [0.4, 0.5) is 4.39 Å². The first-order valence-corrected chi connectivity index (χ1v) is 6.66. The van der Waals surface area contributed by atoms with Gasteiger partial charge in [0.25, 0.3) is 11.9 Å². The predicted octanol–water partition coefficient (Wildman–Crippen LogP) is 2.99. The Balaban J connectivity index is 2.79. The molecule has 5 heteroatoms. The first-order valence-electron chi connectivity index (χ1n) is 6.66. The summed E-state index contributed by atoms with van der Waals surface area (Å²) in [5, 5.41) is 2.51. The van der Waals surface area contributed by atoms with Crippen LogP contribution in [0.2, 0.25) is 0 Å². The molecule has 0 spiro atoms. The molecule has 0 saturated carbocycles. The highest BCUT2D eigenvalue weighted by atomic mass is 19.1. The quantitative estimate of drug-likeness (QED) is 0.681. The van der Waals surface area contributed by atoms with Gasteiger partial charge in [-0.05, 0) is 31.9 Å². The van der Waals surface area contributed by atoms with E-state index < -0.39 is 11.7 Å². The molecule has 0 saturated heterocycles. The molecular weight excluding hydrogens is 259 g/mol. The van der Waals surface area contributed by atoms with Crippen LogP contribution < -0.4 is 5.32 Å². The Kier molecular flexibility index (Phi) is 6.15. The van der Waals surface area contributed by atoms with E-state index in [2.05, 4.69) is 10.3 Å². The summed E-state index contributed by atoms with van der Waals surface area (Å²) in [4.78, 5) is 16.2. The standard InChI is InChI=1S/C15H21FN2O2/c1-10(2)9-20-15(17-11(3)4)18-14(19)12-7-5-6-8-13(12)16/h5-8,10-11H,9H2,1-4H3,(H,17,18,19). The minimum atomic E-state index is -0.572. The summed E-state index contributed by atoms with van der Waals surface area (Å²) >= 11 is 0. The minimum absolute atomic E-state index is 0.0296. The van der Waals surface area contributed by atoms with Crippen LogP contribution in [0.15, 0.2) is 29.3 Å². The topological polar surface area (TPSA) is 50.7 Å². The summed E-state index contributed by atoms with van der Waals surface area (Å²) in [6, 6.07) is 5.89. The van der Waals surface area contributed by atoms with Gasteiger partial charge >= 0.3 is 0 Å².